The Morgan fingerprint density at radius 3 is 2.07 bits per heavy atom. The van der Waals surface area contributed by atoms with Crippen LogP contribution in [0.4, 0.5) is 5.13 Å². The van der Waals surface area contributed by atoms with E-state index in [1.807, 2.05) is 41.3 Å². The smallest absolute Gasteiger partial charge is 0.243 e. The molecule has 0 unspecified atom stereocenters. The zero-order chi connectivity index (χ0) is 21.3. The zero-order valence-corrected chi connectivity index (χ0v) is 18.7. The number of hydrogen-bond acceptors (Lipinski definition) is 6. The van der Waals surface area contributed by atoms with Gasteiger partial charge in [-0.25, -0.2) is 13.4 Å². The lowest BCUT2D eigenvalue weighted by atomic mass is 10.1. The number of aromatic nitrogens is 1. The highest BCUT2D eigenvalue weighted by molar-refractivity contribution is 7.89. The average molecular weight is 462 g/mol. The first-order valence-electron chi connectivity index (χ1n) is 9.42. The normalized spacial score (nSPS) is 15.3. The summed E-state index contributed by atoms with van der Waals surface area (Å²) in [4.78, 5) is 18.7. The molecule has 156 valence electrons. The second-order valence-corrected chi connectivity index (χ2v) is 10.4. The number of ketones is 1. The van der Waals surface area contributed by atoms with Crippen LogP contribution in [0.2, 0.25) is 5.02 Å². The molecule has 0 radical (unpaired) electrons. The standard InChI is InChI=1S/C21H20ClN3O3S2/c1-15(26)20-14-23-21(29-20)24-10-12-25(13-11-24)30(27,28)19-8-4-17(5-9-19)16-2-6-18(22)7-3-16/h2-9,14H,10-13H2,1H3. The summed E-state index contributed by atoms with van der Waals surface area (Å²) in [7, 11) is -3.57. The number of anilines is 1. The highest BCUT2D eigenvalue weighted by Crippen LogP contribution is 2.27. The van der Waals surface area contributed by atoms with Crippen molar-refractivity contribution < 1.29 is 13.2 Å². The third-order valence-corrected chi connectivity index (χ3v) is 8.34. The number of sulfonamides is 1. The lowest BCUT2D eigenvalue weighted by molar-refractivity contribution is 0.102. The molecule has 6 nitrogen and oxygen atoms in total. The third kappa shape index (κ3) is 4.27. The number of piperazine rings is 1. The average Bonchev–Trinajstić information content (AvgIpc) is 3.25. The van der Waals surface area contributed by atoms with Gasteiger partial charge >= 0.3 is 0 Å². The molecular weight excluding hydrogens is 442 g/mol. The largest absolute Gasteiger partial charge is 0.345 e. The molecule has 0 atom stereocenters. The number of nitrogens with zero attached hydrogens (tertiary/aromatic N) is 3. The van der Waals surface area contributed by atoms with Crippen LogP contribution in [0.5, 0.6) is 0 Å². The minimum absolute atomic E-state index is 0.0120. The van der Waals surface area contributed by atoms with Crippen LogP contribution < -0.4 is 4.90 Å². The maximum Gasteiger partial charge on any atom is 0.243 e. The second kappa shape index (κ2) is 8.47. The van der Waals surface area contributed by atoms with Crippen molar-refractivity contribution in [3.05, 3.63) is 64.6 Å². The quantitative estimate of drug-likeness (QED) is 0.533. The van der Waals surface area contributed by atoms with Gasteiger partial charge < -0.3 is 4.90 Å². The van der Waals surface area contributed by atoms with E-state index in [0.717, 1.165) is 16.3 Å². The Labute approximate surface area is 184 Å². The zero-order valence-electron chi connectivity index (χ0n) is 16.3. The Kier molecular flexibility index (Phi) is 5.92. The van der Waals surface area contributed by atoms with Gasteiger partial charge in [0.25, 0.3) is 0 Å². The van der Waals surface area contributed by atoms with Crippen molar-refractivity contribution in [3.8, 4) is 11.1 Å². The van der Waals surface area contributed by atoms with Crippen LogP contribution in [0.15, 0.2) is 59.6 Å². The SMILES string of the molecule is CC(=O)c1cnc(N2CCN(S(=O)(=O)c3ccc(-c4ccc(Cl)cc4)cc3)CC2)s1. The number of halogens is 1. The highest BCUT2D eigenvalue weighted by atomic mass is 35.5. The molecule has 9 heteroatoms. The Hall–Kier alpha value is -2.26. The number of thiazole rings is 1. The van der Waals surface area contributed by atoms with Crippen molar-refractivity contribution in [2.45, 2.75) is 11.8 Å². The van der Waals surface area contributed by atoms with Crippen LogP contribution in [0.3, 0.4) is 0 Å². The van der Waals surface area contributed by atoms with Crippen molar-refractivity contribution in [1.82, 2.24) is 9.29 Å². The minimum atomic E-state index is -3.57. The van der Waals surface area contributed by atoms with Crippen molar-refractivity contribution >= 4 is 43.9 Å². The number of carbonyl (C=O) groups excluding carboxylic acids is 1. The van der Waals surface area contributed by atoms with Gasteiger partial charge in [-0.1, -0.05) is 47.2 Å². The molecule has 1 aliphatic heterocycles. The molecule has 1 fully saturated rings. The fourth-order valence-corrected chi connectivity index (χ4v) is 5.72. The molecule has 0 saturated carbocycles. The van der Waals surface area contributed by atoms with E-state index in [1.165, 1.54) is 22.6 Å². The molecule has 0 N–H and O–H groups in total. The number of benzene rings is 2. The third-order valence-electron chi connectivity index (χ3n) is 5.02. The topological polar surface area (TPSA) is 70.6 Å². The van der Waals surface area contributed by atoms with Gasteiger partial charge in [0, 0.05) is 38.1 Å². The van der Waals surface area contributed by atoms with Crippen LogP contribution in [-0.4, -0.2) is 49.7 Å². The molecular formula is C21H20ClN3O3S2. The molecule has 4 rings (SSSR count). The van der Waals surface area contributed by atoms with Gasteiger partial charge in [-0.3, -0.25) is 4.79 Å². The summed E-state index contributed by atoms with van der Waals surface area (Å²) < 4.78 is 27.6. The summed E-state index contributed by atoms with van der Waals surface area (Å²) in [5.74, 6) is -0.0120. The Balaban J connectivity index is 1.45. The van der Waals surface area contributed by atoms with Crippen LogP contribution in [0.1, 0.15) is 16.6 Å². The second-order valence-electron chi connectivity index (χ2n) is 6.99. The first-order chi connectivity index (χ1) is 14.3. The number of Topliss-reactive ketones (excluding diaryl/α,β-unsaturated/α-hetero) is 1. The van der Waals surface area contributed by atoms with Crippen LogP contribution in [0.25, 0.3) is 11.1 Å². The molecule has 2 heterocycles. The van der Waals surface area contributed by atoms with Crippen molar-refractivity contribution in [3.63, 3.8) is 0 Å². The van der Waals surface area contributed by atoms with Crippen LogP contribution in [-0.2, 0) is 10.0 Å². The van der Waals surface area contributed by atoms with Gasteiger partial charge in [0.1, 0.15) is 0 Å². The first kappa shape index (κ1) is 21.0. The Morgan fingerprint density at radius 1 is 0.967 bits per heavy atom. The minimum Gasteiger partial charge on any atom is -0.345 e. The molecule has 0 amide bonds. The Morgan fingerprint density at radius 2 is 1.53 bits per heavy atom. The van der Waals surface area contributed by atoms with E-state index < -0.39 is 10.0 Å². The first-order valence-corrected chi connectivity index (χ1v) is 12.1. The molecule has 0 spiro atoms. The molecule has 1 aromatic heterocycles. The summed E-state index contributed by atoms with van der Waals surface area (Å²) in [5, 5.41) is 1.41. The predicted octanol–water partition coefficient (Wildman–Crippen LogP) is 4.18. The van der Waals surface area contributed by atoms with E-state index in [0.29, 0.717) is 36.1 Å². The predicted molar refractivity (Wildman–Crippen MR) is 120 cm³/mol. The summed E-state index contributed by atoms with van der Waals surface area (Å²) in [5.41, 5.74) is 1.91. The van der Waals surface area contributed by atoms with E-state index in [2.05, 4.69) is 4.98 Å². The lowest BCUT2D eigenvalue weighted by Crippen LogP contribution is -2.48. The van der Waals surface area contributed by atoms with Crippen LogP contribution in [0, 0.1) is 0 Å². The van der Waals surface area contributed by atoms with E-state index in [9.17, 15) is 13.2 Å². The summed E-state index contributed by atoms with van der Waals surface area (Å²) >= 11 is 7.27. The molecule has 1 aliphatic rings. The fraction of sp³-hybridized carbons (Fsp3) is 0.238. The summed E-state index contributed by atoms with van der Waals surface area (Å²) in [6.07, 6.45) is 1.58. The van der Waals surface area contributed by atoms with Gasteiger partial charge in [0.2, 0.25) is 10.0 Å². The van der Waals surface area contributed by atoms with Gasteiger partial charge in [-0.05, 0) is 35.4 Å². The van der Waals surface area contributed by atoms with E-state index in [1.54, 1.807) is 18.3 Å². The number of hydrogen-bond donors (Lipinski definition) is 0. The molecule has 2 aromatic carbocycles. The van der Waals surface area contributed by atoms with Gasteiger partial charge in [-0.2, -0.15) is 4.31 Å². The van der Waals surface area contributed by atoms with E-state index in [-0.39, 0.29) is 10.7 Å². The molecule has 0 bridgehead atoms. The van der Waals surface area contributed by atoms with Gasteiger partial charge in [0.05, 0.1) is 16.0 Å². The lowest BCUT2D eigenvalue weighted by Gasteiger charge is -2.33. The Bertz CT molecular complexity index is 1150. The molecule has 1 saturated heterocycles. The van der Waals surface area contributed by atoms with Crippen LogP contribution >= 0.6 is 22.9 Å². The maximum atomic E-state index is 13.0. The highest BCUT2D eigenvalue weighted by Gasteiger charge is 2.29. The van der Waals surface area contributed by atoms with E-state index in [4.69, 9.17) is 11.6 Å². The summed E-state index contributed by atoms with van der Waals surface area (Å²) in [6.45, 7) is 3.33. The number of carbonyl (C=O) groups is 1. The van der Waals surface area contributed by atoms with Crippen molar-refractivity contribution in [2.24, 2.45) is 0 Å². The molecule has 30 heavy (non-hydrogen) atoms. The van der Waals surface area contributed by atoms with E-state index >= 15 is 0 Å². The molecule has 3 aromatic rings. The monoisotopic (exact) mass is 461 g/mol. The molecule has 0 aliphatic carbocycles. The number of rotatable bonds is 5. The van der Waals surface area contributed by atoms with Gasteiger partial charge in [-0.15, -0.1) is 0 Å². The summed E-state index contributed by atoms with van der Waals surface area (Å²) in [6, 6.07) is 14.3. The maximum absolute atomic E-state index is 13.0. The van der Waals surface area contributed by atoms with Gasteiger partial charge in [0.15, 0.2) is 10.9 Å². The fourth-order valence-electron chi connectivity index (χ4n) is 3.30. The van der Waals surface area contributed by atoms with Crippen molar-refractivity contribution in [1.29, 1.82) is 0 Å². The van der Waals surface area contributed by atoms with Crippen molar-refractivity contribution in [2.75, 3.05) is 31.1 Å².